The number of carbonyl (C=O) groups is 1. The number of epoxide rings is 1. The number of hydroxylamine groups is 3. The van der Waals surface area contributed by atoms with E-state index in [2.05, 4.69) is 0 Å². The van der Waals surface area contributed by atoms with Gasteiger partial charge in [0.15, 0.2) is 0 Å². The summed E-state index contributed by atoms with van der Waals surface area (Å²) in [5.74, 6) is -1.09. The lowest BCUT2D eigenvalue weighted by Crippen LogP contribution is -2.58. The molecule has 3 saturated heterocycles. The van der Waals surface area contributed by atoms with Gasteiger partial charge in [-0.25, -0.2) is 0 Å². The van der Waals surface area contributed by atoms with Gasteiger partial charge in [0, 0.05) is 12.8 Å². The van der Waals surface area contributed by atoms with Crippen molar-refractivity contribution in [1.29, 1.82) is 0 Å². The molecule has 0 amide bonds. The number of esters is 1. The molecule has 3 fully saturated rings. The zero-order valence-electron chi connectivity index (χ0n) is 13.0. The lowest BCUT2D eigenvalue weighted by molar-refractivity contribution is -0.911. The predicted molar refractivity (Wildman–Crippen MR) is 81.2 cm³/mol. The molecule has 6 nitrogen and oxygen atoms in total. The molecule has 0 radical (unpaired) electrons. The van der Waals surface area contributed by atoms with Gasteiger partial charge < -0.3 is 24.4 Å². The van der Waals surface area contributed by atoms with Crippen molar-refractivity contribution in [2.45, 2.75) is 49.2 Å². The SMILES string of the molecule is C[N+]1([O-])[C@H]2CC(OC(=O)[C@H](CO)c3ccccc3)C[C@H]1[C@@H]1O[C@H]12. The molecule has 23 heavy (non-hydrogen) atoms. The third-order valence-corrected chi connectivity index (χ3v) is 5.60. The Morgan fingerprint density at radius 3 is 2.52 bits per heavy atom. The summed E-state index contributed by atoms with van der Waals surface area (Å²) in [5.41, 5.74) is 0.745. The Bertz CT molecular complexity index is 584. The molecule has 1 aromatic rings. The van der Waals surface area contributed by atoms with E-state index in [1.54, 1.807) is 19.2 Å². The first-order valence-corrected chi connectivity index (χ1v) is 8.11. The molecule has 2 bridgehead atoms. The van der Waals surface area contributed by atoms with Crippen molar-refractivity contribution < 1.29 is 24.0 Å². The average Bonchev–Trinajstić information content (AvgIpc) is 3.27. The number of fused-ring (bicyclic) bond motifs is 5. The summed E-state index contributed by atoms with van der Waals surface area (Å²) in [6.45, 7) is -0.286. The summed E-state index contributed by atoms with van der Waals surface area (Å²) in [7, 11) is 1.70. The van der Waals surface area contributed by atoms with Crippen molar-refractivity contribution in [2.24, 2.45) is 0 Å². The Balaban J connectivity index is 1.44. The minimum atomic E-state index is -0.672. The van der Waals surface area contributed by atoms with Crippen LogP contribution in [0.4, 0.5) is 0 Å². The van der Waals surface area contributed by atoms with E-state index in [1.807, 2.05) is 18.2 Å². The topological polar surface area (TPSA) is 82.1 Å². The molecule has 0 unspecified atom stereocenters. The number of hydrogen-bond acceptors (Lipinski definition) is 5. The number of rotatable bonds is 4. The van der Waals surface area contributed by atoms with Crippen LogP contribution in [0, 0.1) is 5.21 Å². The Hall–Kier alpha value is -1.47. The minimum absolute atomic E-state index is 0.0361. The lowest BCUT2D eigenvalue weighted by atomic mass is 9.97. The maximum Gasteiger partial charge on any atom is 0.316 e. The van der Waals surface area contributed by atoms with Crippen molar-refractivity contribution in [2.75, 3.05) is 13.7 Å². The van der Waals surface area contributed by atoms with Gasteiger partial charge in [0.25, 0.3) is 0 Å². The fourth-order valence-electron chi connectivity index (χ4n) is 4.25. The molecule has 0 aliphatic carbocycles. The molecule has 4 rings (SSSR count). The van der Waals surface area contributed by atoms with E-state index >= 15 is 0 Å². The van der Waals surface area contributed by atoms with Crippen LogP contribution >= 0.6 is 0 Å². The van der Waals surface area contributed by atoms with Gasteiger partial charge in [-0.2, -0.15) is 0 Å². The van der Waals surface area contributed by atoms with E-state index in [1.165, 1.54) is 0 Å². The largest absolute Gasteiger partial charge is 0.632 e. The molecule has 6 heteroatoms. The number of carbonyl (C=O) groups excluding carboxylic acids is 1. The van der Waals surface area contributed by atoms with Crippen LogP contribution in [0.3, 0.4) is 0 Å². The summed E-state index contributed by atoms with van der Waals surface area (Å²) < 4.78 is 10.9. The van der Waals surface area contributed by atoms with Crippen molar-refractivity contribution in [3.63, 3.8) is 0 Å². The maximum absolute atomic E-state index is 12.6. The highest BCUT2D eigenvalue weighted by Crippen LogP contribution is 2.52. The molecule has 124 valence electrons. The van der Waals surface area contributed by atoms with Crippen LogP contribution in [0.1, 0.15) is 24.3 Å². The fourth-order valence-corrected chi connectivity index (χ4v) is 4.25. The second kappa shape index (κ2) is 5.27. The van der Waals surface area contributed by atoms with Crippen molar-refractivity contribution in [3.05, 3.63) is 41.1 Å². The molecule has 0 aromatic heterocycles. The number of aliphatic hydroxyl groups excluding tert-OH is 1. The number of piperidine rings is 1. The Morgan fingerprint density at radius 2 is 1.96 bits per heavy atom. The number of quaternary nitrogens is 1. The summed E-state index contributed by atoms with van der Waals surface area (Å²) in [5, 5.41) is 22.2. The zero-order valence-corrected chi connectivity index (χ0v) is 13.0. The van der Waals surface area contributed by atoms with E-state index in [-0.39, 0.29) is 41.6 Å². The van der Waals surface area contributed by atoms with E-state index in [0.717, 1.165) is 5.56 Å². The van der Waals surface area contributed by atoms with Crippen LogP contribution < -0.4 is 0 Å². The van der Waals surface area contributed by atoms with Crippen LogP contribution in [0.25, 0.3) is 0 Å². The van der Waals surface area contributed by atoms with Crippen molar-refractivity contribution >= 4 is 5.97 Å². The molecule has 1 N–H and O–H groups in total. The van der Waals surface area contributed by atoms with E-state index in [4.69, 9.17) is 9.47 Å². The lowest BCUT2D eigenvalue weighted by Gasteiger charge is -2.51. The molecular formula is C17H21NO5. The molecule has 0 saturated carbocycles. The van der Waals surface area contributed by atoms with Gasteiger partial charge in [0.1, 0.15) is 36.3 Å². The second-order valence-electron chi connectivity index (χ2n) is 6.94. The number of nitrogens with zero attached hydrogens (tertiary/aromatic N) is 1. The van der Waals surface area contributed by atoms with Gasteiger partial charge in [-0.05, 0) is 5.56 Å². The fraction of sp³-hybridized carbons (Fsp3) is 0.588. The maximum atomic E-state index is 12.6. The van der Waals surface area contributed by atoms with Crippen molar-refractivity contribution in [1.82, 2.24) is 0 Å². The number of hydrogen-bond donors (Lipinski definition) is 1. The average molecular weight is 319 g/mol. The molecule has 5 atom stereocenters. The molecule has 0 spiro atoms. The first-order chi connectivity index (χ1) is 11.0. The summed E-state index contributed by atoms with van der Waals surface area (Å²) >= 11 is 0. The minimum Gasteiger partial charge on any atom is -0.632 e. The smallest absolute Gasteiger partial charge is 0.316 e. The number of likely N-dealkylation sites (N-methyl/N-ethyl adjacent to an activating group) is 1. The van der Waals surface area contributed by atoms with Crippen LogP contribution in [0.5, 0.6) is 0 Å². The normalized spacial score (nSPS) is 42.0. The molecule has 3 aliphatic heterocycles. The number of ether oxygens (including phenoxy) is 2. The monoisotopic (exact) mass is 319 g/mol. The Labute approximate surface area is 134 Å². The van der Waals surface area contributed by atoms with Crippen LogP contribution in [0.15, 0.2) is 30.3 Å². The molecule has 3 aliphatic rings. The quantitative estimate of drug-likeness (QED) is 0.386. The van der Waals surface area contributed by atoms with Gasteiger partial charge in [0.05, 0.1) is 13.7 Å². The standard InChI is InChI=1S/C17H21NO5/c1-18(21)13-7-11(8-14(18)16-15(13)23-16)22-17(20)12(9-19)10-5-3-2-4-6-10/h2-6,11-16,19H,7-9H2,1H3/t11?,12-,13+,14+,15+,16+,18?/m1/s1. The third kappa shape index (κ3) is 2.37. The Kier molecular flexibility index (Phi) is 3.46. The number of benzene rings is 1. The molecule has 1 aromatic carbocycles. The molecular weight excluding hydrogens is 298 g/mol. The number of morpholine rings is 1. The first kappa shape index (κ1) is 15.1. The van der Waals surface area contributed by atoms with E-state index in [0.29, 0.717) is 12.8 Å². The molecule has 3 heterocycles. The van der Waals surface area contributed by atoms with Crippen molar-refractivity contribution in [3.8, 4) is 0 Å². The van der Waals surface area contributed by atoms with Gasteiger partial charge in [-0.3, -0.25) is 4.79 Å². The zero-order chi connectivity index (χ0) is 16.2. The summed E-state index contributed by atoms with van der Waals surface area (Å²) in [6.07, 6.45) is 0.891. The number of aliphatic hydroxyl groups is 1. The summed E-state index contributed by atoms with van der Waals surface area (Å²) in [6, 6.07) is 8.86. The second-order valence-corrected chi connectivity index (χ2v) is 6.94. The Morgan fingerprint density at radius 1 is 1.35 bits per heavy atom. The first-order valence-electron chi connectivity index (χ1n) is 8.11. The van der Waals surface area contributed by atoms with Gasteiger partial charge >= 0.3 is 5.97 Å². The van der Waals surface area contributed by atoms with Crippen LogP contribution in [-0.4, -0.2) is 59.8 Å². The van der Waals surface area contributed by atoms with Crippen LogP contribution in [0.2, 0.25) is 0 Å². The highest BCUT2D eigenvalue weighted by molar-refractivity contribution is 5.78. The van der Waals surface area contributed by atoms with Gasteiger partial charge in [-0.1, -0.05) is 30.3 Å². The van der Waals surface area contributed by atoms with Crippen LogP contribution in [-0.2, 0) is 14.3 Å². The van der Waals surface area contributed by atoms with Gasteiger partial charge in [-0.15, -0.1) is 0 Å². The highest BCUT2D eigenvalue weighted by atomic mass is 16.6. The van der Waals surface area contributed by atoms with E-state index < -0.39 is 11.9 Å². The predicted octanol–water partition coefficient (Wildman–Crippen LogP) is 0.931. The van der Waals surface area contributed by atoms with Gasteiger partial charge in [0.2, 0.25) is 0 Å². The highest BCUT2D eigenvalue weighted by Gasteiger charge is 2.69. The summed E-state index contributed by atoms with van der Waals surface area (Å²) in [4.78, 5) is 12.4. The van der Waals surface area contributed by atoms with E-state index in [9.17, 15) is 15.1 Å². The third-order valence-electron chi connectivity index (χ3n) is 5.60.